The normalized spacial score (nSPS) is 13.1. The topological polar surface area (TPSA) is 61.2 Å². The van der Waals surface area contributed by atoms with Gasteiger partial charge in [0.15, 0.2) is 0 Å². The van der Waals surface area contributed by atoms with Gasteiger partial charge in [0.25, 0.3) is 0 Å². The first-order valence-electron chi connectivity index (χ1n) is 3.25. The Morgan fingerprint density at radius 2 is 2.07 bits per heavy atom. The van der Waals surface area contributed by atoms with Crippen molar-refractivity contribution >= 4 is 10.3 Å². The van der Waals surface area contributed by atoms with E-state index in [4.69, 9.17) is 0 Å². The predicted octanol–water partition coefficient (Wildman–Crippen LogP) is 0.821. The van der Waals surface area contributed by atoms with Gasteiger partial charge in [-0.25, -0.2) is 8.96 Å². The lowest BCUT2D eigenvalue weighted by atomic mass is 10.8. The highest BCUT2D eigenvalue weighted by atomic mass is 32.2. The molecule has 0 saturated heterocycles. The Morgan fingerprint density at radius 3 is 2.43 bits per heavy atom. The van der Waals surface area contributed by atoms with E-state index in [1.807, 2.05) is 0 Å². The van der Waals surface area contributed by atoms with E-state index >= 15 is 0 Å². The van der Waals surface area contributed by atoms with E-state index in [0.29, 0.717) is 3.97 Å². The standard InChI is InChI=1S/C5H5F3N2O3S/c1-4-9-2-3-10(4)14(11,12)13-5(6,7)8/h2-3H,1H3. The summed E-state index contributed by atoms with van der Waals surface area (Å²) in [7, 11) is -4.88. The fourth-order valence-electron chi connectivity index (χ4n) is 0.762. The van der Waals surface area contributed by atoms with Crippen LogP contribution in [0.1, 0.15) is 5.82 Å². The summed E-state index contributed by atoms with van der Waals surface area (Å²) in [5.41, 5.74) is 0. The number of alkyl halides is 3. The summed E-state index contributed by atoms with van der Waals surface area (Å²) in [6, 6.07) is 0. The van der Waals surface area contributed by atoms with Crippen LogP contribution in [0.3, 0.4) is 0 Å². The van der Waals surface area contributed by atoms with E-state index in [2.05, 4.69) is 9.17 Å². The van der Waals surface area contributed by atoms with E-state index in [-0.39, 0.29) is 5.82 Å². The molecule has 0 N–H and O–H groups in total. The van der Waals surface area contributed by atoms with Crippen LogP contribution in [0.25, 0.3) is 0 Å². The van der Waals surface area contributed by atoms with Crippen LogP contribution in [-0.4, -0.2) is 23.7 Å². The van der Waals surface area contributed by atoms with Crippen molar-refractivity contribution in [1.82, 2.24) is 8.96 Å². The average molecular weight is 230 g/mol. The van der Waals surface area contributed by atoms with Crippen LogP contribution >= 0.6 is 0 Å². The molecule has 0 aromatic carbocycles. The summed E-state index contributed by atoms with van der Waals surface area (Å²) < 4.78 is 60.0. The largest absolute Gasteiger partial charge is 0.538 e. The van der Waals surface area contributed by atoms with Crippen LogP contribution < -0.4 is 0 Å². The molecule has 0 aliphatic carbocycles. The summed E-state index contributed by atoms with van der Waals surface area (Å²) >= 11 is 0. The molecule has 1 aromatic heterocycles. The molecule has 0 spiro atoms. The second kappa shape index (κ2) is 3.24. The zero-order valence-corrected chi connectivity index (χ0v) is 7.63. The lowest BCUT2D eigenvalue weighted by molar-refractivity contribution is -0.272. The molecular formula is C5H5F3N2O3S. The quantitative estimate of drug-likeness (QED) is 0.754. The molecule has 0 aliphatic rings. The molecule has 5 nitrogen and oxygen atoms in total. The second-order valence-corrected chi connectivity index (χ2v) is 3.67. The highest BCUT2D eigenvalue weighted by molar-refractivity contribution is 7.85. The summed E-state index contributed by atoms with van der Waals surface area (Å²) in [6.45, 7) is 1.23. The smallest absolute Gasteiger partial charge is 0.241 e. The van der Waals surface area contributed by atoms with Gasteiger partial charge in [-0.1, -0.05) is 0 Å². The fraction of sp³-hybridized carbons (Fsp3) is 0.400. The molecule has 1 rings (SSSR count). The third-order valence-corrected chi connectivity index (χ3v) is 2.49. The first-order valence-corrected chi connectivity index (χ1v) is 4.62. The van der Waals surface area contributed by atoms with Crippen LogP contribution in [0, 0.1) is 6.92 Å². The second-order valence-electron chi connectivity index (χ2n) is 2.26. The number of hydrogen-bond acceptors (Lipinski definition) is 4. The van der Waals surface area contributed by atoms with Crippen LogP contribution in [0.15, 0.2) is 12.4 Å². The monoisotopic (exact) mass is 230 g/mol. The van der Waals surface area contributed by atoms with E-state index in [1.165, 1.54) is 6.92 Å². The van der Waals surface area contributed by atoms with Crippen molar-refractivity contribution in [3.63, 3.8) is 0 Å². The Kier molecular flexibility index (Phi) is 2.54. The van der Waals surface area contributed by atoms with E-state index in [1.54, 1.807) is 0 Å². The minimum absolute atomic E-state index is 0.116. The highest BCUT2D eigenvalue weighted by Gasteiger charge is 2.38. The first kappa shape index (κ1) is 11.0. The number of aromatic nitrogens is 2. The Balaban J connectivity index is 3.05. The van der Waals surface area contributed by atoms with Crippen molar-refractivity contribution < 1.29 is 25.8 Å². The van der Waals surface area contributed by atoms with Crippen LogP contribution in [0.5, 0.6) is 0 Å². The molecule has 0 atom stereocenters. The van der Waals surface area contributed by atoms with Gasteiger partial charge in [0, 0.05) is 12.4 Å². The number of rotatable bonds is 2. The summed E-state index contributed by atoms with van der Waals surface area (Å²) in [5.74, 6) is -0.116. The van der Waals surface area contributed by atoms with Gasteiger partial charge in [-0.3, -0.25) is 0 Å². The van der Waals surface area contributed by atoms with Crippen molar-refractivity contribution in [2.24, 2.45) is 0 Å². The maximum absolute atomic E-state index is 11.6. The van der Waals surface area contributed by atoms with Crippen molar-refractivity contribution in [3.05, 3.63) is 18.2 Å². The van der Waals surface area contributed by atoms with E-state index in [9.17, 15) is 21.6 Å². The number of hydrogen-bond donors (Lipinski definition) is 0. The Bertz CT molecular complexity index is 422. The van der Waals surface area contributed by atoms with Crippen molar-refractivity contribution in [2.45, 2.75) is 13.3 Å². The van der Waals surface area contributed by atoms with E-state index in [0.717, 1.165) is 12.4 Å². The number of imidazole rings is 1. The third kappa shape index (κ3) is 2.45. The summed E-state index contributed by atoms with van der Waals surface area (Å²) in [6.07, 6.45) is -3.33. The molecule has 0 radical (unpaired) electrons. The Morgan fingerprint density at radius 1 is 1.50 bits per heavy atom. The summed E-state index contributed by atoms with van der Waals surface area (Å²) in [4.78, 5) is 3.45. The van der Waals surface area contributed by atoms with Gasteiger partial charge < -0.3 is 0 Å². The highest BCUT2D eigenvalue weighted by Crippen LogP contribution is 2.21. The molecule has 0 fully saturated rings. The van der Waals surface area contributed by atoms with Gasteiger partial charge in [-0.05, 0) is 6.92 Å². The van der Waals surface area contributed by atoms with E-state index < -0.39 is 16.7 Å². The number of nitrogens with zero attached hydrogens (tertiary/aromatic N) is 2. The fourth-order valence-corrected chi connectivity index (χ4v) is 1.66. The first-order chi connectivity index (χ1) is 6.22. The molecule has 1 heterocycles. The van der Waals surface area contributed by atoms with Crippen molar-refractivity contribution in [1.29, 1.82) is 0 Å². The molecule has 0 saturated carbocycles. The zero-order valence-electron chi connectivity index (χ0n) is 6.82. The molecule has 14 heavy (non-hydrogen) atoms. The van der Waals surface area contributed by atoms with Crippen LogP contribution in [0.4, 0.5) is 13.2 Å². The minimum atomic E-state index is -5.24. The lowest BCUT2D eigenvalue weighted by Crippen LogP contribution is -2.25. The number of aryl methyl sites for hydroxylation is 1. The zero-order chi connectivity index (χ0) is 11.0. The molecular weight excluding hydrogens is 225 g/mol. The molecule has 1 aromatic rings. The minimum Gasteiger partial charge on any atom is -0.241 e. The molecule has 0 amide bonds. The van der Waals surface area contributed by atoms with Crippen LogP contribution in [-0.2, 0) is 14.5 Å². The maximum atomic E-state index is 11.6. The van der Waals surface area contributed by atoms with Gasteiger partial charge in [-0.15, -0.1) is 13.2 Å². The van der Waals surface area contributed by atoms with Gasteiger partial charge in [0.2, 0.25) is 0 Å². The molecule has 0 unspecified atom stereocenters. The van der Waals surface area contributed by atoms with Crippen molar-refractivity contribution in [2.75, 3.05) is 0 Å². The maximum Gasteiger partial charge on any atom is 0.538 e. The average Bonchev–Trinajstić information content (AvgIpc) is 2.29. The molecule has 0 bridgehead atoms. The van der Waals surface area contributed by atoms with Gasteiger partial charge >= 0.3 is 16.7 Å². The van der Waals surface area contributed by atoms with Crippen LogP contribution in [0.2, 0.25) is 0 Å². The molecule has 9 heteroatoms. The van der Waals surface area contributed by atoms with Gasteiger partial charge in [-0.2, -0.15) is 12.6 Å². The Labute approximate surface area is 77.4 Å². The number of halogens is 3. The van der Waals surface area contributed by atoms with Crippen molar-refractivity contribution in [3.8, 4) is 0 Å². The van der Waals surface area contributed by atoms with Gasteiger partial charge in [0.05, 0.1) is 0 Å². The predicted molar refractivity (Wildman–Crippen MR) is 38.4 cm³/mol. The molecule has 0 aliphatic heterocycles. The van der Waals surface area contributed by atoms with Gasteiger partial charge in [0.1, 0.15) is 5.82 Å². The molecule has 80 valence electrons. The third-order valence-electron chi connectivity index (χ3n) is 1.22. The summed E-state index contributed by atoms with van der Waals surface area (Å²) in [5, 5.41) is 0. The lowest BCUT2D eigenvalue weighted by Gasteiger charge is -2.08. The Hall–Kier alpha value is -1.09. The SMILES string of the molecule is Cc1nccn1S(=O)(=O)OC(F)(F)F.